The van der Waals surface area contributed by atoms with Gasteiger partial charge in [0.1, 0.15) is 0 Å². The van der Waals surface area contributed by atoms with Gasteiger partial charge in [0, 0.05) is 18.4 Å². The van der Waals surface area contributed by atoms with Gasteiger partial charge in [0.15, 0.2) is 0 Å². The first-order valence-corrected chi connectivity index (χ1v) is 6.06. The molecule has 2 nitrogen and oxygen atoms in total. The van der Waals surface area contributed by atoms with Crippen molar-refractivity contribution in [2.24, 2.45) is 11.7 Å². The Morgan fingerprint density at radius 3 is 2.39 bits per heavy atom. The maximum atomic E-state index is 6.31. The largest absolute Gasteiger partial charge is 0.324 e. The number of rotatable bonds is 3. The van der Waals surface area contributed by atoms with Crippen molar-refractivity contribution in [1.29, 1.82) is 0 Å². The van der Waals surface area contributed by atoms with E-state index in [0.717, 1.165) is 0 Å². The van der Waals surface area contributed by atoms with Gasteiger partial charge in [-0.25, -0.2) is 0 Å². The summed E-state index contributed by atoms with van der Waals surface area (Å²) in [7, 11) is 0. The highest BCUT2D eigenvalue weighted by atomic mass is 35.5. The van der Waals surface area contributed by atoms with Crippen LogP contribution in [0.1, 0.15) is 29.5 Å². The fourth-order valence-corrected chi connectivity index (χ4v) is 2.53. The van der Waals surface area contributed by atoms with E-state index < -0.39 is 0 Å². The third-order valence-electron chi connectivity index (χ3n) is 3.62. The van der Waals surface area contributed by atoms with Gasteiger partial charge in [-0.1, -0.05) is 30.3 Å². The first-order chi connectivity index (χ1) is 8.36. The standard InChI is InChI=1S/C15H16N2.ClH/c16-15(12-4-2-1-3-5-12)14-10-13(14)11-6-8-17-9-7-11;/h1-9,13-15H,10,16H2;1H. The molecule has 0 saturated heterocycles. The van der Waals surface area contributed by atoms with Crippen LogP contribution in [-0.2, 0) is 0 Å². The predicted molar refractivity (Wildman–Crippen MR) is 75.7 cm³/mol. The fraction of sp³-hybridized carbons (Fsp3) is 0.267. The monoisotopic (exact) mass is 260 g/mol. The van der Waals surface area contributed by atoms with Gasteiger partial charge in [0.05, 0.1) is 0 Å². The van der Waals surface area contributed by atoms with Crippen molar-refractivity contribution < 1.29 is 0 Å². The van der Waals surface area contributed by atoms with Crippen LogP contribution in [0.4, 0.5) is 0 Å². The van der Waals surface area contributed by atoms with E-state index in [1.54, 1.807) is 0 Å². The minimum Gasteiger partial charge on any atom is -0.324 e. The van der Waals surface area contributed by atoms with Crippen LogP contribution in [0.2, 0.25) is 0 Å². The van der Waals surface area contributed by atoms with Crippen LogP contribution in [0.5, 0.6) is 0 Å². The summed E-state index contributed by atoms with van der Waals surface area (Å²) >= 11 is 0. The van der Waals surface area contributed by atoms with Crippen LogP contribution in [-0.4, -0.2) is 4.98 Å². The van der Waals surface area contributed by atoms with Crippen LogP contribution in [0.3, 0.4) is 0 Å². The molecule has 3 rings (SSSR count). The quantitative estimate of drug-likeness (QED) is 0.920. The zero-order valence-corrected chi connectivity index (χ0v) is 10.9. The molecule has 94 valence electrons. The molecule has 2 N–H and O–H groups in total. The Hall–Kier alpha value is -1.38. The number of aromatic nitrogens is 1. The molecule has 0 radical (unpaired) electrons. The fourth-order valence-electron chi connectivity index (χ4n) is 2.53. The van der Waals surface area contributed by atoms with E-state index in [0.29, 0.717) is 11.8 Å². The molecule has 0 aliphatic heterocycles. The van der Waals surface area contributed by atoms with Crippen LogP contribution in [0.15, 0.2) is 54.9 Å². The van der Waals surface area contributed by atoms with Crippen molar-refractivity contribution in [1.82, 2.24) is 4.98 Å². The van der Waals surface area contributed by atoms with Gasteiger partial charge < -0.3 is 5.73 Å². The molecule has 1 saturated carbocycles. The molecular formula is C15H17ClN2. The Labute approximate surface area is 114 Å². The SMILES string of the molecule is Cl.NC(c1ccccc1)C1CC1c1ccncc1. The summed E-state index contributed by atoms with van der Waals surface area (Å²) in [4.78, 5) is 4.05. The van der Waals surface area contributed by atoms with Gasteiger partial charge in [-0.2, -0.15) is 0 Å². The molecule has 3 heteroatoms. The summed E-state index contributed by atoms with van der Waals surface area (Å²) in [6.07, 6.45) is 4.91. The summed E-state index contributed by atoms with van der Waals surface area (Å²) in [5, 5.41) is 0. The molecule has 2 aromatic rings. The Morgan fingerprint density at radius 2 is 1.72 bits per heavy atom. The minimum atomic E-state index is 0. The topological polar surface area (TPSA) is 38.9 Å². The van der Waals surface area contributed by atoms with Crippen LogP contribution >= 0.6 is 12.4 Å². The van der Waals surface area contributed by atoms with Crippen molar-refractivity contribution >= 4 is 12.4 Å². The van der Waals surface area contributed by atoms with E-state index in [-0.39, 0.29) is 18.4 Å². The van der Waals surface area contributed by atoms with E-state index in [1.165, 1.54) is 17.5 Å². The average molecular weight is 261 g/mol. The van der Waals surface area contributed by atoms with Gasteiger partial charge in [0.2, 0.25) is 0 Å². The second kappa shape index (κ2) is 5.51. The summed E-state index contributed by atoms with van der Waals surface area (Å²) in [6, 6.07) is 14.7. The number of hydrogen-bond acceptors (Lipinski definition) is 2. The number of halogens is 1. The first kappa shape index (κ1) is 13.1. The summed E-state index contributed by atoms with van der Waals surface area (Å²) in [5.74, 6) is 1.20. The molecule has 18 heavy (non-hydrogen) atoms. The van der Waals surface area contributed by atoms with Crippen molar-refractivity contribution in [3.05, 3.63) is 66.0 Å². The zero-order chi connectivity index (χ0) is 11.7. The normalized spacial score (nSPS) is 22.9. The molecule has 1 heterocycles. The molecule has 3 atom stereocenters. The van der Waals surface area contributed by atoms with Crippen molar-refractivity contribution in [3.8, 4) is 0 Å². The average Bonchev–Trinajstić information content (AvgIpc) is 3.20. The lowest BCUT2D eigenvalue weighted by Crippen LogP contribution is -2.13. The number of nitrogens with zero attached hydrogens (tertiary/aromatic N) is 1. The lowest BCUT2D eigenvalue weighted by atomic mass is 10.0. The summed E-state index contributed by atoms with van der Waals surface area (Å²) in [6.45, 7) is 0. The smallest absolute Gasteiger partial charge is 0.0329 e. The molecule has 1 aliphatic rings. The summed E-state index contributed by atoms with van der Waals surface area (Å²) in [5.41, 5.74) is 8.93. The number of pyridine rings is 1. The molecule has 1 aliphatic carbocycles. The highest BCUT2D eigenvalue weighted by Crippen LogP contribution is 2.52. The van der Waals surface area contributed by atoms with E-state index in [1.807, 2.05) is 18.5 Å². The molecule has 0 spiro atoms. The van der Waals surface area contributed by atoms with Crippen molar-refractivity contribution in [2.45, 2.75) is 18.4 Å². The maximum absolute atomic E-state index is 6.31. The lowest BCUT2D eigenvalue weighted by molar-refractivity contribution is 0.615. The molecule has 1 fully saturated rings. The Kier molecular flexibility index (Phi) is 4.00. The first-order valence-electron chi connectivity index (χ1n) is 6.06. The van der Waals surface area contributed by atoms with Crippen LogP contribution < -0.4 is 5.73 Å². The van der Waals surface area contributed by atoms with E-state index in [9.17, 15) is 0 Å². The Balaban J connectivity index is 0.00000120. The van der Waals surface area contributed by atoms with Gasteiger partial charge in [-0.15, -0.1) is 12.4 Å². The van der Waals surface area contributed by atoms with E-state index in [2.05, 4.69) is 41.4 Å². The zero-order valence-electron chi connectivity index (χ0n) is 10.1. The number of hydrogen-bond donors (Lipinski definition) is 1. The number of nitrogens with two attached hydrogens (primary N) is 1. The van der Waals surface area contributed by atoms with Crippen molar-refractivity contribution in [2.75, 3.05) is 0 Å². The van der Waals surface area contributed by atoms with E-state index >= 15 is 0 Å². The predicted octanol–water partition coefficient (Wildman–Crippen LogP) is 3.31. The van der Waals surface area contributed by atoms with Gasteiger partial charge in [-0.05, 0) is 41.5 Å². The van der Waals surface area contributed by atoms with Crippen LogP contribution in [0.25, 0.3) is 0 Å². The molecule has 1 aromatic carbocycles. The number of benzene rings is 1. The molecule has 1 aromatic heterocycles. The summed E-state index contributed by atoms with van der Waals surface area (Å²) < 4.78 is 0. The second-order valence-electron chi connectivity index (χ2n) is 4.72. The van der Waals surface area contributed by atoms with E-state index in [4.69, 9.17) is 5.73 Å². The van der Waals surface area contributed by atoms with Crippen LogP contribution in [0, 0.1) is 5.92 Å². The third-order valence-corrected chi connectivity index (χ3v) is 3.62. The Morgan fingerprint density at radius 1 is 1.06 bits per heavy atom. The highest BCUT2D eigenvalue weighted by Gasteiger charge is 2.42. The van der Waals surface area contributed by atoms with Crippen molar-refractivity contribution in [3.63, 3.8) is 0 Å². The second-order valence-corrected chi connectivity index (χ2v) is 4.72. The third kappa shape index (κ3) is 2.55. The van der Waals surface area contributed by atoms with Gasteiger partial charge >= 0.3 is 0 Å². The maximum Gasteiger partial charge on any atom is 0.0329 e. The molecule has 0 bridgehead atoms. The highest BCUT2D eigenvalue weighted by molar-refractivity contribution is 5.85. The minimum absolute atomic E-state index is 0. The Bertz CT molecular complexity index is 486. The lowest BCUT2D eigenvalue weighted by Gasteiger charge is -2.11. The molecular weight excluding hydrogens is 244 g/mol. The molecule has 0 amide bonds. The van der Waals surface area contributed by atoms with Gasteiger partial charge in [-0.3, -0.25) is 4.98 Å². The molecule has 3 unspecified atom stereocenters. The van der Waals surface area contributed by atoms with Gasteiger partial charge in [0.25, 0.3) is 0 Å².